The molecule has 2 amide bonds. The first-order valence-electron chi connectivity index (χ1n) is 9.26. The summed E-state index contributed by atoms with van der Waals surface area (Å²) in [4.78, 5) is 48.8. The van der Waals surface area contributed by atoms with E-state index in [1.165, 1.54) is 28.1 Å². The Morgan fingerprint density at radius 2 is 1.00 bits per heavy atom. The van der Waals surface area contributed by atoms with Gasteiger partial charge < -0.3 is 20.1 Å². The van der Waals surface area contributed by atoms with Crippen molar-refractivity contribution in [1.82, 2.24) is 10.6 Å². The number of nitrogens with one attached hydrogen (secondary N) is 2. The number of carbonyl (C=O) groups excluding carboxylic acids is 4. The fourth-order valence-electron chi connectivity index (χ4n) is 2.85. The molecule has 0 spiro atoms. The lowest BCUT2D eigenvalue weighted by Gasteiger charge is -2.17. The lowest BCUT2D eigenvalue weighted by molar-refractivity contribution is -0.143. The molecule has 2 atom stereocenters. The number of rotatable bonds is 7. The fourth-order valence-corrected chi connectivity index (χ4v) is 2.85. The molecule has 0 aliphatic carbocycles. The molecule has 0 unspecified atom stereocenters. The van der Waals surface area contributed by atoms with E-state index in [1.54, 1.807) is 48.5 Å². The first-order valence-corrected chi connectivity index (χ1v) is 9.26. The molecular formula is C22H24N2O6. The van der Waals surface area contributed by atoms with Crippen molar-refractivity contribution in [1.29, 1.82) is 0 Å². The van der Waals surface area contributed by atoms with Crippen LogP contribution < -0.4 is 10.6 Å². The Balaban J connectivity index is 2.40. The molecule has 2 N–H and O–H groups in total. The van der Waals surface area contributed by atoms with Gasteiger partial charge in [-0.2, -0.15) is 0 Å². The molecule has 0 aromatic heterocycles. The number of ether oxygens (including phenoxy) is 2. The van der Waals surface area contributed by atoms with E-state index in [4.69, 9.17) is 0 Å². The molecular weight excluding hydrogens is 388 g/mol. The predicted octanol–water partition coefficient (Wildman–Crippen LogP) is 1.94. The second-order valence-corrected chi connectivity index (χ2v) is 6.53. The van der Waals surface area contributed by atoms with Crippen molar-refractivity contribution in [2.24, 2.45) is 0 Å². The quantitative estimate of drug-likeness (QED) is 0.673. The lowest BCUT2D eigenvalue weighted by Crippen LogP contribution is -2.39. The van der Waals surface area contributed by atoms with Crippen LogP contribution >= 0.6 is 0 Å². The average molecular weight is 412 g/mol. The van der Waals surface area contributed by atoms with Gasteiger partial charge in [-0.05, 0) is 37.1 Å². The average Bonchev–Trinajstić information content (AvgIpc) is 2.77. The Bertz CT molecular complexity index is 879. The van der Waals surface area contributed by atoms with Gasteiger partial charge in [0.2, 0.25) is 0 Å². The Hall–Kier alpha value is -3.68. The molecule has 0 bridgehead atoms. The number of esters is 2. The Morgan fingerprint density at radius 3 is 1.33 bits per heavy atom. The van der Waals surface area contributed by atoms with E-state index in [-0.39, 0.29) is 11.1 Å². The number of benzene rings is 2. The van der Waals surface area contributed by atoms with Gasteiger partial charge in [-0.15, -0.1) is 0 Å². The number of carbonyl (C=O) groups is 4. The van der Waals surface area contributed by atoms with E-state index in [0.717, 1.165) is 0 Å². The standard InChI is InChI=1S/C22H24N2O6/c1-13(21(27)29-3)23-19(25)17-11-7-5-9-15(17)16-10-6-8-12-18(16)20(26)24-14(2)22(28)30-4/h5-14H,1-4H3,(H,23,25)(H,24,26)/t13-,14-/m0/s1. The van der Waals surface area contributed by atoms with Crippen LogP contribution in [0.4, 0.5) is 0 Å². The van der Waals surface area contributed by atoms with Gasteiger partial charge in [-0.1, -0.05) is 36.4 Å². The minimum Gasteiger partial charge on any atom is -0.467 e. The van der Waals surface area contributed by atoms with Gasteiger partial charge in [0.05, 0.1) is 14.2 Å². The van der Waals surface area contributed by atoms with Crippen LogP contribution in [0.25, 0.3) is 11.1 Å². The van der Waals surface area contributed by atoms with Gasteiger partial charge in [-0.25, -0.2) is 9.59 Å². The molecule has 8 heteroatoms. The van der Waals surface area contributed by atoms with E-state index in [0.29, 0.717) is 11.1 Å². The zero-order valence-electron chi connectivity index (χ0n) is 17.2. The van der Waals surface area contributed by atoms with Crippen molar-refractivity contribution in [2.75, 3.05) is 14.2 Å². The van der Waals surface area contributed by atoms with Crippen molar-refractivity contribution in [2.45, 2.75) is 25.9 Å². The highest BCUT2D eigenvalue weighted by Crippen LogP contribution is 2.27. The van der Waals surface area contributed by atoms with Crippen LogP contribution in [-0.2, 0) is 19.1 Å². The van der Waals surface area contributed by atoms with Gasteiger partial charge in [0, 0.05) is 11.1 Å². The molecule has 0 saturated carbocycles. The van der Waals surface area contributed by atoms with Crippen LogP contribution in [0, 0.1) is 0 Å². The Labute approximate surface area is 174 Å². The number of methoxy groups -OCH3 is 2. The van der Waals surface area contributed by atoms with Gasteiger partial charge in [0.1, 0.15) is 12.1 Å². The van der Waals surface area contributed by atoms with Crippen molar-refractivity contribution in [3.8, 4) is 11.1 Å². The molecule has 2 rings (SSSR count). The predicted molar refractivity (Wildman–Crippen MR) is 110 cm³/mol. The van der Waals surface area contributed by atoms with Crippen LogP contribution in [0.15, 0.2) is 48.5 Å². The van der Waals surface area contributed by atoms with E-state index in [1.807, 2.05) is 0 Å². The third-order valence-corrected chi connectivity index (χ3v) is 4.44. The Morgan fingerprint density at radius 1 is 0.667 bits per heavy atom. The second kappa shape index (κ2) is 10.2. The van der Waals surface area contributed by atoms with Crippen molar-refractivity contribution in [3.05, 3.63) is 59.7 Å². The van der Waals surface area contributed by atoms with Crippen LogP contribution in [0.5, 0.6) is 0 Å². The number of hydrogen-bond donors (Lipinski definition) is 2. The molecule has 8 nitrogen and oxygen atoms in total. The highest BCUT2D eigenvalue weighted by Gasteiger charge is 2.23. The zero-order chi connectivity index (χ0) is 22.3. The molecule has 0 aliphatic heterocycles. The maximum absolute atomic E-state index is 12.8. The summed E-state index contributed by atoms with van der Waals surface area (Å²) >= 11 is 0. The minimum atomic E-state index is -0.838. The summed E-state index contributed by atoms with van der Waals surface area (Å²) in [6.07, 6.45) is 0. The number of amides is 2. The third-order valence-electron chi connectivity index (χ3n) is 4.44. The summed E-state index contributed by atoms with van der Waals surface area (Å²) in [5.74, 6) is -2.11. The lowest BCUT2D eigenvalue weighted by atomic mass is 9.94. The summed E-state index contributed by atoms with van der Waals surface area (Å²) < 4.78 is 9.27. The SMILES string of the molecule is COC(=O)[C@H](C)NC(=O)c1ccccc1-c1ccccc1C(=O)N[C@@H](C)C(=O)OC. The van der Waals surface area contributed by atoms with Crippen molar-refractivity contribution >= 4 is 23.8 Å². The molecule has 0 fully saturated rings. The maximum Gasteiger partial charge on any atom is 0.328 e. The van der Waals surface area contributed by atoms with Gasteiger partial charge in [0.15, 0.2) is 0 Å². The summed E-state index contributed by atoms with van der Waals surface area (Å²) in [7, 11) is 2.48. The molecule has 158 valence electrons. The van der Waals surface area contributed by atoms with Gasteiger partial charge in [-0.3, -0.25) is 9.59 Å². The molecule has 0 saturated heterocycles. The first-order chi connectivity index (χ1) is 14.3. The molecule has 30 heavy (non-hydrogen) atoms. The Kier molecular flexibility index (Phi) is 7.69. The normalized spacial score (nSPS) is 12.3. The fraction of sp³-hybridized carbons (Fsp3) is 0.273. The van der Waals surface area contributed by atoms with E-state index >= 15 is 0 Å². The van der Waals surface area contributed by atoms with Crippen molar-refractivity contribution < 1.29 is 28.7 Å². The largest absolute Gasteiger partial charge is 0.467 e. The second-order valence-electron chi connectivity index (χ2n) is 6.53. The van der Waals surface area contributed by atoms with Gasteiger partial charge in [0.25, 0.3) is 11.8 Å². The summed E-state index contributed by atoms with van der Waals surface area (Å²) in [6, 6.07) is 11.8. The molecule has 0 aliphatic rings. The van der Waals surface area contributed by atoms with E-state index in [9.17, 15) is 19.2 Å². The van der Waals surface area contributed by atoms with Gasteiger partial charge >= 0.3 is 11.9 Å². The topological polar surface area (TPSA) is 111 Å². The molecule has 2 aromatic rings. The third kappa shape index (κ3) is 5.22. The van der Waals surface area contributed by atoms with Crippen LogP contribution in [0.2, 0.25) is 0 Å². The highest BCUT2D eigenvalue weighted by atomic mass is 16.5. The van der Waals surface area contributed by atoms with E-state index in [2.05, 4.69) is 20.1 Å². The van der Waals surface area contributed by atoms with Crippen LogP contribution in [-0.4, -0.2) is 50.1 Å². The smallest absolute Gasteiger partial charge is 0.328 e. The number of hydrogen-bond acceptors (Lipinski definition) is 6. The molecule has 2 aromatic carbocycles. The van der Waals surface area contributed by atoms with Crippen molar-refractivity contribution in [3.63, 3.8) is 0 Å². The van der Waals surface area contributed by atoms with Crippen LogP contribution in [0.1, 0.15) is 34.6 Å². The van der Waals surface area contributed by atoms with E-state index < -0.39 is 35.8 Å². The summed E-state index contributed by atoms with van der Waals surface area (Å²) in [5.41, 5.74) is 1.58. The molecule has 0 heterocycles. The maximum atomic E-state index is 12.8. The van der Waals surface area contributed by atoms with Crippen LogP contribution in [0.3, 0.4) is 0 Å². The molecule has 0 radical (unpaired) electrons. The zero-order valence-corrected chi connectivity index (χ0v) is 17.2. The summed E-state index contributed by atoms with van der Waals surface area (Å²) in [6.45, 7) is 3.03. The highest BCUT2D eigenvalue weighted by molar-refractivity contribution is 6.07. The summed E-state index contributed by atoms with van der Waals surface area (Å²) in [5, 5.41) is 5.17. The monoisotopic (exact) mass is 412 g/mol. The minimum absolute atomic E-state index is 0.287. The first kappa shape index (κ1) is 22.6.